The number of nitrogens with one attached hydrogen (secondary N) is 1. The van der Waals surface area contributed by atoms with Crippen molar-refractivity contribution in [2.75, 3.05) is 10.5 Å². The summed E-state index contributed by atoms with van der Waals surface area (Å²) in [6.07, 6.45) is 4.38. The molecule has 0 radical (unpaired) electrons. The van der Waals surface area contributed by atoms with Gasteiger partial charge in [-0.2, -0.15) is 15.2 Å². The van der Waals surface area contributed by atoms with Crippen molar-refractivity contribution in [1.82, 2.24) is 19.7 Å². The van der Waals surface area contributed by atoms with Crippen LogP contribution in [-0.4, -0.2) is 39.7 Å². The first-order chi connectivity index (χ1) is 16.7. The van der Waals surface area contributed by atoms with Gasteiger partial charge in [0.25, 0.3) is 0 Å². The molecule has 2 heterocycles. The van der Waals surface area contributed by atoms with Crippen LogP contribution in [0.5, 0.6) is 0 Å². The summed E-state index contributed by atoms with van der Waals surface area (Å²) in [6, 6.07) is 14.8. The van der Waals surface area contributed by atoms with Gasteiger partial charge < -0.3 is 0 Å². The van der Waals surface area contributed by atoms with Crippen molar-refractivity contribution in [3.05, 3.63) is 82.2 Å². The first kappa shape index (κ1) is 26.2. The molecule has 2 aromatic heterocycles. The molecule has 186 valence electrons. The number of nitrogens with zero attached hydrogens (tertiary/aromatic N) is 4. The monoisotopic (exact) mass is 497 g/mol. The zero-order chi connectivity index (χ0) is 25.3. The number of carbonyl (C=O) groups is 1. The van der Waals surface area contributed by atoms with E-state index in [2.05, 4.69) is 19.9 Å². The molecule has 0 bridgehead atoms. The molecule has 0 saturated carbocycles. The lowest BCUT2D eigenvalue weighted by atomic mass is 10.1. The maximum atomic E-state index is 12.2. The molecule has 1 N–H and O–H groups in total. The Morgan fingerprint density at radius 2 is 1.69 bits per heavy atom. The number of ketones is 1. The van der Waals surface area contributed by atoms with E-state index in [9.17, 15) is 18.0 Å². The molecule has 0 saturated heterocycles. The topological polar surface area (TPSA) is 124 Å². The summed E-state index contributed by atoms with van der Waals surface area (Å²) < 4.78 is 27.8. The Kier molecular flexibility index (Phi) is 9.25. The molecule has 0 fully saturated rings. The molecule has 0 aliphatic carbocycles. The Balaban J connectivity index is 1.42. The van der Waals surface area contributed by atoms with Gasteiger partial charge in [0.05, 0.1) is 23.6 Å². The van der Waals surface area contributed by atoms with Gasteiger partial charge in [-0.05, 0) is 48.9 Å². The van der Waals surface area contributed by atoms with Crippen LogP contribution >= 0.6 is 0 Å². The summed E-state index contributed by atoms with van der Waals surface area (Å²) in [7, 11) is -3.53. The normalized spacial score (nSPS) is 11.5. The second kappa shape index (κ2) is 12.3. The Morgan fingerprint density at radius 1 is 0.971 bits per heavy atom. The molecule has 35 heavy (non-hydrogen) atoms. The van der Waals surface area contributed by atoms with Crippen molar-refractivity contribution in [2.24, 2.45) is 5.92 Å². The van der Waals surface area contributed by atoms with E-state index in [1.807, 2.05) is 42.5 Å². The summed E-state index contributed by atoms with van der Waals surface area (Å²) >= 11 is 0. The van der Waals surface area contributed by atoms with E-state index >= 15 is 0 Å². The molecule has 0 spiro atoms. The molecule has 3 aromatic rings. The molecule has 10 heteroatoms. The van der Waals surface area contributed by atoms with Crippen molar-refractivity contribution < 1.29 is 13.2 Å². The highest BCUT2D eigenvalue weighted by atomic mass is 32.2. The molecule has 0 unspecified atom stereocenters. The van der Waals surface area contributed by atoms with Crippen LogP contribution in [0.3, 0.4) is 0 Å². The van der Waals surface area contributed by atoms with Crippen LogP contribution in [0.25, 0.3) is 0 Å². The maximum absolute atomic E-state index is 12.2. The van der Waals surface area contributed by atoms with Gasteiger partial charge in [-0.15, -0.1) is 0 Å². The zero-order valence-electron chi connectivity index (χ0n) is 20.1. The predicted molar refractivity (Wildman–Crippen MR) is 135 cm³/mol. The molecule has 0 amide bonds. The zero-order valence-corrected chi connectivity index (χ0v) is 20.9. The predicted octanol–water partition coefficient (Wildman–Crippen LogP) is 2.81. The lowest BCUT2D eigenvalue weighted by Crippen LogP contribution is -2.26. The van der Waals surface area contributed by atoms with Crippen LogP contribution in [0, 0.1) is 5.92 Å². The maximum Gasteiger partial charge on any atom is 0.349 e. The van der Waals surface area contributed by atoms with Crippen molar-refractivity contribution in [3.63, 3.8) is 0 Å². The van der Waals surface area contributed by atoms with Gasteiger partial charge in [0.2, 0.25) is 10.0 Å². The van der Waals surface area contributed by atoms with Crippen LogP contribution < -0.4 is 10.4 Å². The van der Waals surface area contributed by atoms with Crippen LogP contribution in [0.4, 0.5) is 5.82 Å². The summed E-state index contributed by atoms with van der Waals surface area (Å²) in [5.41, 5.74) is 1.96. The third kappa shape index (κ3) is 9.05. The summed E-state index contributed by atoms with van der Waals surface area (Å²) in [5, 5.41) is 8.39. The Bertz CT molecular complexity index is 1270. The quantitative estimate of drug-likeness (QED) is 0.360. The van der Waals surface area contributed by atoms with Gasteiger partial charge in [-0.25, -0.2) is 13.2 Å². The fourth-order valence-corrected chi connectivity index (χ4v) is 4.98. The lowest BCUT2D eigenvalue weighted by molar-refractivity contribution is -0.117. The number of hydrogen-bond donors (Lipinski definition) is 1. The van der Waals surface area contributed by atoms with E-state index in [4.69, 9.17) is 0 Å². The van der Waals surface area contributed by atoms with Crippen LogP contribution in [0.15, 0.2) is 59.5 Å². The lowest BCUT2D eigenvalue weighted by Gasteiger charge is -2.10. The van der Waals surface area contributed by atoms with E-state index in [-0.39, 0.29) is 29.7 Å². The van der Waals surface area contributed by atoms with Gasteiger partial charge in [-0.3, -0.25) is 14.1 Å². The van der Waals surface area contributed by atoms with E-state index in [0.29, 0.717) is 25.1 Å². The Labute approximate surface area is 205 Å². The van der Waals surface area contributed by atoms with Crippen LogP contribution in [-0.2, 0) is 40.6 Å². The van der Waals surface area contributed by atoms with E-state index in [1.165, 1.54) is 10.6 Å². The van der Waals surface area contributed by atoms with E-state index in [1.54, 1.807) is 20.0 Å². The number of aryl methyl sites for hydroxylation is 2. The fraction of sp³-hybridized carbons (Fsp3) is 0.400. The van der Waals surface area contributed by atoms with Crippen molar-refractivity contribution in [3.8, 4) is 0 Å². The average Bonchev–Trinajstić information content (AvgIpc) is 2.78. The molecule has 9 nitrogen and oxygen atoms in total. The fourth-order valence-electron chi connectivity index (χ4n) is 3.59. The highest BCUT2D eigenvalue weighted by Gasteiger charge is 2.14. The molecule has 1 aromatic carbocycles. The third-order valence-corrected chi connectivity index (χ3v) is 6.79. The number of aromatic nitrogens is 4. The van der Waals surface area contributed by atoms with Gasteiger partial charge >= 0.3 is 5.69 Å². The third-order valence-electron chi connectivity index (χ3n) is 5.17. The number of sulfonamides is 1. The summed E-state index contributed by atoms with van der Waals surface area (Å²) in [5.74, 6) is 0.0579. The molecule has 0 aliphatic heterocycles. The van der Waals surface area contributed by atoms with E-state index in [0.717, 1.165) is 24.1 Å². The highest BCUT2D eigenvalue weighted by molar-refractivity contribution is 7.92. The molecular formula is C25H31N5O4S. The number of unbranched alkanes of at least 4 members (excludes halogenated alkanes) is 1. The Morgan fingerprint density at radius 3 is 2.34 bits per heavy atom. The van der Waals surface area contributed by atoms with E-state index < -0.39 is 15.7 Å². The van der Waals surface area contributed by atoms with Gasteiger partial charge in [0.15, 0.2) is 0 Å². The molecule has 0 atom stereocenters. The van der Waals surface area contributed by atoms with Crippen molar-refractivity contribution >= 4 is 21.6 Å². The minimum Gasteiger partial charge on any atom is -0.299 e. The van der Waals surface area contributed by atoms with Crippen LogP contribution in [0.1, 0.15) is 43.6 Å². The second-order valence-electron chi connectivity index (χ2n) is 8.92. The number of hydrogen-bond acceptors (Lipinski definition) is 7. The standard InChI is InChI=1S/C25H31N5O4S/c1-19(2)18-35(33,34)29-24-13-15-30(25(32)26-24)14-7-6-10-21-11-12-22(28-27-21)17-23(31)16-20-8-4-3-5-9-20/h3-5,8-9,11-13,15,19H,6-7,10,14,16-18H2,1-2H3,(H,26,29,32). The van der Waals surface area contributed by atoms with Crippen molar-refractivity contribution in [1.29, 1.82) is 0 Å². The van der Waals surface area contributed by atoms with Gasteiger partial charge in [0.1, 0.15) is 11.6 Å². The molecule has 3 rings (SSSR count). The summed E-state index contributed by atoms with van der Waals surface area (Å²) in [6.45, 7) is 4.07. The van der Waals surface area contributed by atoms with Gasteiger partial charge in [0, 0.05) is 19.2 Å². The number of carbonyl (C=O) groups excluding carboxylic acids is 1. The number of anilines is 1. The largest absolute Gasteiger partial charge is 0.349 e. The first-order valence-corrected chi connectivity index (χ1v) is 13.3. The minimum atomic E-state index is -3.53. The number of rotatable bonds is 13. The smallest absolute Gasteiger partial charge is 0.299 e. The molecular weight excluding hydrogens is 466 g/mol. The van der Waals surface area contributed by atoms with Crippen molar-refractivity contribution in [2.45, 2.75) is 52.5 Å². The second-order valence-corrected chi connectivity index (χ2v) is 10.7. The van der Waals surface area contributed by atoms with Gasteiger partial charge in [-0.1, -0.05) is 44.2 Å². The first-order valence-electron chi connectivity index (χ1n) is 11.7. The number of benzene rings is 1. The average molecular weight is 498 g/mol. The summed E-state index contributed by atoms with van der Waals surface area (Å²) in [4.78, 5) is 28.3. The Hall–Kier alpha value is -3.40. The highest BCUT2D eigenvalue weighted by Crippen LogP contribution is 2.08. The molecule has 0 aliphatic rings. The van der Waals surface area contributed by atoms with Crippen LogP contribution in [0.2, 0.25) is 0 Å². The minimum absolute atomic E-state index is 0.0316. The SMILES string of the molecule is CC(C)CS(=O)(=O)Nc1ccn(CCCCc2ccc(CC(=O)Cc3ccccc3)nn2)c(=O)n1. The number of Topliss-reactive ketones (excluding diaryl/α,β-unsaturated/α-hetero) is 1.